The molecular weight excluding hydrogens is 304 g/mol. The normalized spacial score (nSPS) is 10.4. The van der Waals surface area contributed by atoms with Crippen molar-refractivity contribution in [1.82, 2.24) is 15.1 Å². The molecule has 0 aliphatic rings. The van der Waals surface area contributed by atoms with Crippen LogP contribution in [0.4, 0.5) is 0 Å². The van der Waals surface area contributed by atoms with Gasteiger partial charge in [0.1, 0.15) is 0 Å². The van der Waals surface area contributed by atoms with Gasteiger partial charge in [-0.15, -0.1) is 9.89 Å². The van der Waals surface area contributed by atoms with E-state index >= 15 is 0 Å². The van der Waals surface area contributed by atoms with Gasteiger partial charge in [0.25, 0.3) is 11.8 Å². The SMILES string of the molecule is Cc1nnn(N(C(=O)c2ccccc2)C(=O)c2ccccc2)c1C. The highest BCUT2D eigenvalue weighted by Gasteiger charge is 2.28. The number of hydrogen-bond donors (Lipinski definition) is 0. The van der Waals surface area contributed by atoms with Crippen molar-refractivity contribution >= 4 is 11.8 Å². The third-order valence-electron chi connectivity index (χ3n) is 3.72. The monoisotopic (exact) mass is 320 g/mol. The summed E-state index contributed by atoms with van der Waals surface area (Å²) < 4.78 is 0. The zero-order chi connectivity index (χ0) is 17.1. The minimum absolute atomic E-state index is 0.398. The van der Waals surface area contributed by atoms with Crippen LogP contribution >= 0.6 is 0 Å². The molecule has 3 rings (SSSR count). The molecule has 1 heterocycles. The smallest absolute Gasteiger partial charge is 0.267 e. The van der Waals surface area contributed by atoms with Crippen molar-refractivity contribution in [2.75, 3.05) is 5.01 Å². The summed E-state index contributed by atoms with van der Waals surface area (Å²) in [5.74, 6) is -0.921. The number of nitrogens with zero attached hydrogens (tertiary/aromatic N) is 4. The topological polar surface area (TPSA) is 68.1 Å². The van der Waals surface area contributed by atoms with Crippen LogP contribution in [0.5, 0.6) is 0 Å². The van der Waals surface area contributed by atoms with E-state index in [1.165, 1.54) is 4.79 Å². The summed E-state index contributed by atoms with van der Waals surface area (Å²) in [6.07, 6.45) is 0. The number of benzene rings is 2. The molecule has 0 saturated carbocycles. The first-order valence-corrected chi connectivity index (χ1v) is 7.47. The van der Waals surface area contributed by atoms with Gasteiger partial charge < -0.3 is 0 Å². The molecular formula is C18H16N4O2. The lowest BCUT2D eigenvalue weighted by Gasteiger charge is -2.21. The lowest BCUT2D eigenvalue weighted by atomic mass is 10.1. The Morgan fingerprint density at radius 3 is 1.67 bits per heavy atom. The number of hydrogen-bond acceptors (Lipinski definition) is 4. The fourth-order valence-corrected chi connectivity index (χ4v) is 2.25. The average Bonchev–Trinajstić information content (AvgIpc) is 2.96. The number of imide groups is 1. The Morgan fingerprint density at radius 2 is 1.29 bits per heavy atom. The number of carbonyl (C=O) groups excluding carboxylic acids is 2. The van der Waals surface area contributed by atoms with E-state index in [4.69, 9.17) is 0 Å². The van der Waals surface area contributed by atoms with E-state index in [0.717, 1.165) is 5.01 Å². The van der Waals surface area contributed by atoms with Gasteiger partial charge in [0, 0.05) is 11.1 Å². The Kier molecular flexibility index (Phi) is 4.20. The Hall–Kier alpha value is -3.28. The van der Waals surface area contributed by atoms with E-state index in [-0.39, 0.29) is 0 Å². The standard InChI is InChI=1S/C18H16N4O2/c1-13-14(2)22(20-19-13)21(17(23)15-9-5-3-6-10-15)18(24)16-11-7-4-8-12-16/h3-12H,1-2H3. The minimum atomic E-state index is -0.461. The van der Waals surface area contributed by atoms with E-state index in [1.54, 1.807) is 62.4 Å². The summed E-state index contributed by atoms with van der Waals surface area (Å²) in [7, 11) is 0. The van der Waals surface area contributed by atoms with Crippen LogP contribution in [0.25, 0.3) is 0 Å². The van der Waals surface area contributed by atoms with Crippen molar-refractivity contribution < 1.29 is 9.59 Å². The average molecular weight is 320 g/mol. The molecule has 2 aromatic carbocycles. The molecule has 2 amide bonds. The number of carbonyl (C=O) groups is 2. The lowest BCUT2D eigenvalue weighted by Crippen LogP contribution is -2.46. The Labute approximate surface area is 139 Å². The second kappa shape index (κ2) is 6.45. The van der Waals surface area contributed by atoms with E-state index in [0.29, 0.717) is 22.5 Å². The molecule has 0 aliphatic carbocycles. The first-order chi connectivity index (χ1) is 11.6. The maximum absolute atomic E-state index is 12.9. The lowest BCUT2D eigenvalue weighted by molar-refractivity contribution is 0.0846. The Balaban J connectivity index is 2.09. The predicted molar refractivity (Wildman–Crippen MR) is 89.3 cm³/mol. The summed E-state index contributed by atoms with van der Waals surface area (Å²) in [6, 6.07) is 17.3. The van der Waals surface area contributed by atoms with Gasteiger partial charge >= 0.3 is 0 Å². The van der Waals surface area contributed by atoms with Crippen LogP contribution in [0.1, 0.15) is 32.1 Å². The molecule has 0 N–H and O–H groups in total. The van der Waals surface area contributed by atoms with Gasteiger partial charge in [-0.1, -0.05) is 36.4 Å². The van der Waals surface area contributed by atoms with E-state index < -0.39 is 11.8 Å². The second-order valence-electron chi connectivity index (χ2n) is 5.30. The number of aromatic nitrogens is 3. The molecule has 6 heteroatoms. The largest absolute Gasteiger partial charge is 0.281 e. The number of aryl methyl sites for hydroxylation is 1. The zero-order valence-corrected chi connectivity index (χ0v) is 13.4. The molecule has 0 saturated heterocycles. The molecule has 1 aromatic heterocycles. The number of rotatable bonds is 3. The van der Waals surface area contributed by atoms with Gasteiger partial charge in [0.05, 0.1) is 11.4 Å². The van der Waals surface area contributed by atoms with Gasteiger partial charge in [-0.25, -0.2) is 0 Å². The summed E-state index contributed by atoms with van der Waals surface area (Å²) >= 11 is 0. The van der Waals surface area contributed by atoms with Crippen LogP contribution < -0.4 is 5.01 Å². The highest BCUT2D eigenvalue weighted by molar-refractivity contribution is 6.20. The van der Waals surface area contributed by atoms with Gasteiger partial charge in [0.15, 0.2) is 0 Å². The van der Waals surface area contributed by atoms with Crippen LogP contribution in [0.2, 0.25) is 0 Å². The van der Waals surface area contributed by atoms with Crippen LogP contribution in [0.15, 0.2) is 60.7 Å². The molecule has 6 nitrogen and oxygen atoms in total. The predicted octanol–water partition coefficient (Wildman–Crippen LogP) is 2.51. The van der Waals surface area contributed by atoms with Crippen molar-refractivity contribution in [3.63, 3.8) is 0 Å². The summed E-state index contributed by atoms with van der Waals surface area (Å²) in [6.45, 7) is 3.54. The molecule has 0 bridgehead atoms. The maximum atomic E-state index is 12.9. The fraction of sp³-hybridized carbons (Fsp3) is 0.111. The maximum Gasteiger partial charge on any atom is 0.281 e. The van der Waals surface area contributed by atoms with Crippen molar-refractivity contribution in [1.29, 1.82) is 0 Å². The Bertz CT molecular complexity index is 821. The first-order valence-electron chi connectivity index (χ1n) is 7.47. The molecule has 120 valence electrons. The molecule has 0 spiro atoms. The van der Waals surface area contributed by atoms with Gasteiger partial charge in [-0.05, 0) is 43.3 Å². The minimum Gasteiger partial charge on any atom is -0.267 e. The molecule has 3 aromatic rings. The number of amides is 2. The second-order valence-corrected chi connectivity index (χ2v) is 5.30. The van der Waals surface area contributed by atoms with Crippen LogP contribution in [0.3, 0.4) is 0 Å². The fourth-order valence-electron chi connectivity index (χ4n) is 2.25. The van der Waals surface area contributed by atoms with Gasteiger partial charge in [-0.2, -0.15) is 5.01 Å². The Morgan fingerprint density at radius 1 is 0.833 bits per heavy atom. The first kappa shape index (κ1) is 15.6. The summed E-state index contributed by atoms with van der Waals surface area (Å²) in [5, 5.41) is 8.93. The van der Waals surface area contributed by atoms with Gasteiger partial charge in [0.2, 0.25) is 0 Å². The van der Waals surface area contributed by atoms with Crippen molar-refractivity contribution in [2.45, 2.75) is 13.8 Å². The molecule has 0 radical (unpaired) electrons. The van der Waals surface area contributed by atoms with Gasteiger partial charge in [-0.3, -0.25) is 9.59 Å². The quantitative estimate of drug-likeness (QED) is 0.695. The van der Waals surface area contributed by atoms with Crippen molar-refractivity contribution in [2.24, 2.45) is 0 Å². The summed E-state index contributed by atoms with van der Waals surface area (Å²) in [5.41, 5.74) is 2.08. The third kappa shape index (κ3) is 2.81. The molecule has 0 aliphatic heterocycles. The highest BCUT2D eigenvalue weighted by Crippen LogP contribution is 2.12. The van der Waals surface area contributed by atoms with Crippen molar-refractivity contribution in [3.05, 3.63) is 83.2 Å². The van der Waals surface area contributed by atoms with E-state index in [2.05, 4.69) is 10.3 Å². The molecule has 24 heavy (non-hydrogen) atoms. The van der Waals surface area contributed by atoms with Crippen LogP contribution in [-0.4, -0.2) is 26.9 Å². The molecule has 0 unspecified atom stereocenters. The van der Waals surface area contributed by atoms with Crippen LogP contribution in [0, 0.1) is 13.8 Å². The van der Waals surface area contributed by atoms with E-state index in [1.807, 2.05) is 12.1 Å². The third-order valence-corrected chi connectivity index (χ3v) is 3.72. The van der Waals surface area contributed by atoms with Crippen LogP contribution in [-0.2, 0) is 0 Å². The van der Waals surface area contributed by atoms with E-state index in [9.17, 15) is 9.59 Å². The summed E-state index contributed by atoms with van der Waals surface area (Å²) in [4.78, 5) is 27.1. The highest BCUT2D eigenvalue weighted by atomic mass is 16.2. The molecule has 0 atom stereocenters. The van der Waals surface area contributed by atoms with Crippen molar-refractivity contribution in [3.8, 4) is 0 Å². The molecule has 0 fully saturated rings. The zero-order valence-electron chi connectivity index (χ0n) is 13.4.